The maximum atomic E-state index is 11.2. The fourth-order valence-corrected chi connectivity index (χ4v) is 2.41. The monoisotopic (exact) mass is 368 g/mol. The highest BCUT2D eigenvalue weighted by molar-refractivity contribution is 9.09. The molecule has 0 radical (unpaired) electrons. The number of hydrogen-bond donors (Lipinski definition) is 1. The molecule has 1 aliphatic heterocycles. The zero-order chi connectivity index (χ0) is 16.2. The Labute approximate surface area is 129 Å². The van der Waals surface area contributed by atoms with Gasteiger partial charge in [-0.15, -0.1) is 0 Å². The number of carbonyl (C=O) groups excluding carboxylic acids is 3. The Bertz CT molecular complexity index is 412. The minimum absolute atomic E-state index is 0.248. The van der Waals surface area contributed by atoms with Gasteiger partial charge in [0.1, 0.15) is 17.5 Å². The second-order valence-corrected chi connectivity index (χ2v) is 5.52. The van der Waals surface area contributed by atoms with E-state index < -0.39 is 47.3 Å². The Morgan fingerprint density at radius 3 is 2.05 bits per heavy atom. The number of esters is 3. The van der Waals surface area contributed by atoms with E-state index in [0.29, 0.717) is 0 Å². The van der Waals surface area contributed by atoms with Crippen LogP contribution in [-0.2, 0) is 33.3 Å². The molecule has 9 heteroatoms. The Morgan fingerprint density at radius 2 is 1.57 bits per heavy atom. The van der Waals surface area contributed by atoms with Crippen LogP contribution in [0.4, 0.5) is 0 Å². The van der Waals surface area contributed by atoms with Crippen LogP contribution in [0.15, 0.2) is 0 Å². The van der Waals surface area contributed by atoms with E-state index in [4.69, 9.17) is 18.9 Å². The first-order chi connectivity index (χ1) is 9.72. The van der Waals surface area contributed by atoms with Crippen LogP contribution in [-0.4, -0.2) is 59.1 Å². The molecule has 0 saturated carbocycles. The van der Waals surface area contributed by atoms with Crippen molar-refractivity contribution < 1.29 is 38.4 Å². The molecule has 0 bridgehead atoms. The summed E-state index contributed by atoms with van der Waals surface area (Å²) in [4.78, 5) is 32.5. The molecule has 1 saturated heterocycles. The van der Waals surface area contributed by atoms with E-state index in [0.717, 1.165) is 0 Å². The van der Waals surface area contributed by atoms with Crippen LogP contribution in [0, 0.1) is 0 Å². The topological polar surface area (TPSA) is 108 Å². The molecule has 1 fully saturated rings. The molecule has 2 unspecified atom stereocenters. The SMILES string of the molecule is CC(=O)OC[C@H]1OC(O)C(Br)[C@@H](OC(C)=O)[C@H]1OC(C)=O. The van der Waals surface area contributed by atoms with Gasteiger partial charge in [0.05, 0.1) is 0 Å². The minimum Gasteiger partial charge on any atom is -0.463 e. The second-order valence-electron chi connectivity index (χ2n) is 4.46. The van der Waals surface area contributed by atoms with Crippen molar-refractivity contribution in [2.24, 2.45) is 0 Å². The number of halogens is 1. The maximum Gasteiger partial charge on any atom is 0.303 e. The third-order valence-electron chi connectivity index (χ3n) is 2.65. The summed E-state index contributed by atoms with van der Waals surface area (Å²) >= 11 is 3.14. The van der Waals surface area contributed by atoms with Gasteiger partial charge in [0.2, 0.25) is 0 Å². The van der Waals surface area contributed by atoms with Gasteiger partial charge in [-0.1, -0.05) is 15.9 Å². The summed E-state index contributed by atoms with van der Waals surface area (Å²) in [5.41, 5.74) is 0. The first kappa shape index (κ1) is 17.9. The van der Waals surface area contributed by atoms with Gasteiger partial charge in [-0.05, 0) is 0 Å². The molecule has 0 aromatic heterocycles. The lowest BCUT2D eigenvalue weighted by atomic mass is 10.0. The van der Waals surface area contributed by atoms with Crippen LogP contribution in [0.1, 0.15) is 20.8 Å². The largest absolute Gasteiger partial charge is 0.463 e. The van der Waals surface area contributed by atoms with Crippen molar-refractivity contribution in [3.8, 4) is 0 Å². The zero-order valence-corrected chi connectivity index (χ0v) is 13.4. The molecule has 1 heterocycles. The molecule has 1 aliphatic rings. The standard InChI is InChI=1S/C12H17BrO8/c1-5(14)18-4-8-10(19-6(2)15)11(20-7(3)16)9(13)12(17)21-8/h8-12,17H,4H2,1-3H3/t8-,9?,10+,11-,12?/m1/s1. The smallest absolute Gasteiger partial charge is 0.303 e. The lowest BCUT2D eigenvalue weighted by Gasteiger charge is -2.41. The normalized spacial score (nSPS) is 32.1. The first-order valence-corrected chi connectivity index (χ1v) is 7.09. The molecule has 0 aliphatic carbocycles. The quantitative estimate of drug-likeness (QED) is 0.416. The van der Waals surface area contributed by atoms with Crippen molar-refractivity contribution in [2.75, 3.05) is 6.61 Å². The van der Waals surface area contributed by atoms with Gasteiger partial charge in [-0.2, -0.15) is 0 Å². The van der Waals surface area contributed by atoms with Gasteiger partial charge in [0.25, 0.3) is 0 Å². The summed E-state index contributed by atoms with van der Waals surface area (Å²) < 4.78 is 20.2. The number of alkyl halides is 1. The van der Waals surface area contributed by atoms with Crippen molar-refractivity contribution in [2.45, 2.75) is 50.2 Å². The Morgan fingerprint density at radius 1 is 1.05 bits per heavy atom. The van der Waals surface area contributed by atoms with Crippen LogP contribution in [0.5, 0.6) is 0 Å². The molecule has 1 rings (SSSR count). The summed E-state index contributed by atoms with van der Waals surface area (Å²) in [5.74, 6) is -1.79. The third-order valence-corrected chi connectivity index (χ3v) is 3.62. The predicted molar refractivity (Wildman–Crippen MR) is 71.3 cm³/mol. The lowest BCUT2D eigenvalue weighted by molar-refractivity contribution is -0.248. The highest BCUT2D eigenvalue weighted by Crippen LogP contribution is 2.30. The van der Waals surface area contributed by atoms with Crippen molar-refractivity contribution in [1.29, 1.82) is 0 Å². The molecule has 21 heavy (non-hydrogen) atoms. The van der Waals surface area contributed by atoms with Crippen molar-refractivity contribution in [1.82, 2.24) is 0 Å². The van der Waals surface area contributed by atoms with Gasteiger partial charge in [-0.3, -0.25) is 14.4 Å². The fourth-order valence-electron chi connectivity index (χ4n) is 1.88. The van der Waals surface area contributed by atoms with E-state index in [1.54, 1.807) is 0 Å². The molecule has 0 aromatic carbocycles. The Hall–Kier alpha value is -1.19. The van der Waals surface area contributed by atoms with Crippen LogP contribution in [0.3, 0.4) is 0 Å². The summed E-state index contributed by atoms with van der Waals surface area (Å²) in [5, 5.41) is 9.81. The van der Waals surface area contributed by atoms with E-state index in [9.17, 15) is 19.5 Å². The second kappa shape index (κ2) is 7.71. The maximum absolute atomic E-state index is 11.2. The fraction of sp³-hybridized carbons (Fsp3) is 0.750. The van der Waals surface area contributed by atoms with Crippen molar-refractivity contribution in [3.63, 3.8) is 0 Å². The van der Waals surface area contributed by atoms with E-state index in [2.05, 4.69) is 15.9 Å². The van der Waals surface area contributed by atoms with Gasteiger partial charge >= 0.3 is 17.9 Å². The number of ether oxygens (including phenoxy) is 4. The lowest BCUT2D eigenvalue weighted by Crippen LogP contribution is -2.59. The molecule has 5 atom stereocenters. The zero-order valence-electron chi connectivity index (χ0n) is 11.8. The first-order valence-electron chi connectivity index (χ1n) is 6.17. The molecule has 0 spiro atoms. The summed E-state index contributed by atoms with van der Waals surface area (Å²) in [6, 6.07) is 0. The molecule has 0 amide bonds. The molecular formula is C12H17BrO8. The number of rotatable bonds is 4. The average Bonchev–Trinajstić information content (AvgIpc) is 2.35. The van der Waals surface area contributed by atoms with Crippen molar-refractivity contribution >= 4 is 33.8 Å². The predicted octanol–water partition coefficient (Wildman–Crippen LogP) is -0.106. The van der Waals surface area contributed by atoms with E-state index >= 15 is 0 Å². The highest BCUT2D eigenvalue weighted by atomic mass is 79.9. The van der Waals surface area contributed by atoms with Gasteiger partial charge < -0.3 is 24.1 Å². The van der Waals surface area contributed by atoms with E-state index in [1.807, 2.05) is 0 Å². The summed E-state index contributed by atoms with van der Waals surface area (Å²) in [7, 11) is 0. The Kier molecular flexibility index (Phi) is 6.56. The van der Waals surface area contributed by atoms with Crippen LogP contribution in [0.25, 0.3) is 0 Å². The molecule has 8 nitrogen and oxygen atoms in total. The molecule has 1 N–H and O–H groups in total. The van der Waals surface area contributed by atoms with E-state index in [-0.39, 0.29) is 6.61 Å². The molecule has 120 valence electrons. The molecule has 0 aromatic rings. The van der Waals surface area contributed by atoms with Gasteiger partial charge in [0.15, 0.2) is 18.5 Å². The van der Waals surface area contributed by atoms with Gasteiger partial charge in [-0.25, -0.2) is 0 Å². The third kappa shape index (κ3) is 5.25. The number of aliphatic hydroxyl groups excluding tert-OH is 1. The van der Waals surface area contributed by atoms with Crippen LogP contribution in [0.2, 0.25) is 0 Å². The van der Waals surface area contributed by atoms with E-state index in [1.165, 1.54) is 20.8 Å². The minimum atomic E-state index is -1.32. The van der Waals surface area contributed by atoms with Crippen LogP contribution >= 0.6 is 15.9 Å². The number of aliphatic hydroxyl groups is 1. The Balaban J connectivity index is 2.94. The average molecular weight is 369 g/mol. The summed E-state index contributed by atoms with van der Waals surface area (Å²) in [6.45, 7) is 3.33. The molecular weight excluding hydrogens is 352 g/mol. The van der Waals surface area contributed by atoms with Gasteiger partial charge in [0, 0.05) is 20.8 Å². The van der Waals surface area contributed by atoms with Crippen LogP contribution < -0.4 is 0 Å². The highest BCUT2D eigenvalue weighted by Gasteiger charge is 2.48. The summed E-state index contributed by atoms with van der Waals surface area (Å²) in [6.07, 6.45) is -4.26. The van der Waals surface area contributed by atoms with Crippen molar-refractivity contribution in [3.05, 3.63) is 0 Å². The number of carbonyl (C=O) groups is 3. The number of hydrogen-bond acceptors (Lipinski definition) is 8.